The Balaban J connectivity index is 1.75. The number of carbonyl (C=O) groups is 2. The predicted molar refractivity (Wildman–Crippen MR) is 101 cm³/mol. The molecule has 0 radical (unpaired) electrons. The second kappa shape index (κ2) is 7.64. The van der Waals surface area contributed by atoms with Gasteiger partial charge in [0, 0.05) is 5.69 Å². The smallest absolute Gasteiger partial charge is 0.339 e. The molecule has 0 spiro atoms. The minimum absolute atomic E-state index is 0.00830. The molecule has 0 unspecified atom stereocenters. The van der Waals surface area contributed by atoms with Gasteiger partial charge in [-0.1, -0.05) is 47.5 Å². The molecule has 0 saturated heterocycles. The quantitative estimate of drug-likeness (QED) is 0.652. The van der Waals surface area contributed by atoms with E-state index < -0.39 is 11.9 Å². The average molecular weight is 390 g/mol. The summed E-state index contributed by atoms with van der Waals surface area (Å²) >= 11 is 11.7. The first kappa shape index (κ1) is 18.0. The van der Waals surface area contributed by atoms with E-state index in [9.17, 15) is 14.7 Å². The highest BCUT2D eigenvalue weighted by molar-refractivity contribution is 6.42. The Morgan fingerprint density at radius 3 is 2.31 bits per heavy atom. The number of hydrogen-bond acceptors (Lipinski definition) is 3. The van der Waals surface area contributed by atoms with E-state index in [-0.39, 0.29) is 17.9 Å². The van der Waals surface area contributed by atoms with E-state index in [1.807, 2.05) is 24.3 Å². The molecule has 0 aliphatic carbocycles. The number of nitrogens with one attached hydrogen (secondary N) is 1. The summed E-state index contributed by atoms with van der Waals surface area (Å²) in [6.07, 6.45) is 0. The summed E-state index contributed by atoms with van der Waals surface area (Å²) in [5, 5.41) is 14.3. The molecule has 5 nitrogen and oxygen atoms in total. The number of carbonyl (C=O) groups excluding carboxylic acids is 1. The summed E-state index contributed by atoms with van der Waals surface area (Å²) in [5.74, 6) is -1.45. The van der Waals surface area contributed by atoms with Gasteiger partial charge in [0.25, 0.3) is 5.91 Å². The molecule has 0 aromatic heterocycles. The normalized spacial score (nSPS) is 10.5. The molecule has 0 aliphatic heterocycles. The summed E-state index contributed by atoms with van der Waals surface area (Å²) in [4.78, 5) is 23.5. The van der Waals surface area contributed by atoms with Gasteiger partial charge in [0.1, 0.15) is 11.3 Å². The van der Waals surface area contributed by atoms with Gasteiger partial charge < -0.3 is 15.2 Å². The highest BCUT2D eigenvalue weighted by Crippen LogP contribution is 2.27. The van der Waals surface area contributed by atoms with E-state index in [0.29, 0.717) is 15.7 Å². The highest BCUT2D eigenvalue weighted by Gasteiger charge is 2.14. The van der Waals surface area contributed by atoms with Gasteiger partial charge in [0.15, 0.2) is 6.61 Å². The fourth-order valence-electron chi connectivity index (χ4n) is 2.42. The molecule has 7 heteroatoms. The second-order valence-electron chi connectivity index (χ2n) is 5.47. The summed E-state index contributed by atoms with van der Waals surface area (Å²) < 4.78 is 5.44. The van der Waals surface area contributed by atoms with Crippen molar-refractivity contribution in [2.24, 2.45) is 0 Å². The van der Waals surface area contributed by atoms with Crippen LogP contribution in [0.2, 0.25) is 10.0 Å². The molecule has 3 aromatic rings. The number of anilines is 1. The van der Waals surface area contributed by atoms with Gasteiger partial charge in [-0.15, -0.1) is 0 Å². The maximum atomic E-state index is 12.1. The molecular formula is C19H13Cl2NO4. The van der Waals surface area contributed by atoms with Crippen LogP contribution >= 0.6 is 23.2 Å². The summed E-state index contributed by atoms with van der Waals surface area (Å²) in [6, 6.07) is 15.1. The first-order valence-corrected chi connectivity index (χ1v) is 8.33. The molecule has 0 aliphatic rings. The number of carboxylic acids is 1. The summed E-state index contributed by atoms with van der Waals surface area (Å²) in [5.41, 5.74) is 0.455. The van der Waals surface area contributed by atoms with Gasteiger partial charge in [-0.3, -0.25) is 4.79 Å². The zero-order valence-electron chi connectivity index (χ0n) is 13.3. The first-order chi connectivity index (χ1) is 12.4. The number of carboxylic acid groups (broad SMARTS) is 1. The maximum Gasteiger partial charge on any atom is 0.339 e. The molecule has 0 saturated carbocycles. The molecule has 0 heterocycles. The average Bonchev–Trinajstić information content (AvgIpc) is 2.62. The van der Waals surface area contributed by atoms with Crippen molar-refractivity contribution in [2.45, 2.75) is 0 Å². The van der Waals surface area contributed by atoms with Gasteiger partial charge in [-0.25, -0.2) is 4.79 Å². The van der Waals surface area contributed by atoms with E-state index in [4.69, 9.17) is 27.9 Å². The highest BCUT2D eigenvalue weighted by atomic mass is 35.5. The molecule has 3 aromatic carbocycles. The minimum atomic E-state index is -1.13. The number of hydrogen-bond donors (Lipinski definition) is 2. The second-order valence-corrected chi connectivity index (χ2v) is 6.28. The number of benzene rings is 3. The fraction of sp³-hybridized carbons (Fsp3) is 0.0526. The van der Waals surface area contributed by atoms with Gasteiger partial charge >= 0.3 is 5.97 Å². The van der Waals surface area contributed by atoms with E-state index in [2.05, 4.69) is 5.32 Å². The van der Waals surface area contributed by atoms with E-state index in [1.165, 1.54) is 12.1 Å². The number of fused-ring (bicyclic) bond motifs is 1. The van der Waals surface area contributed by atoms with Crippen LogP contribution in [0.15, 0.2) is 54.6 Å². The topological polar surface area (TPSA) is 75.6 Å². The van der Waals surface area contributed by atoms with Gasteiger partial charge in [-0.05, 0) is 41.1 Å². The molecule has 0 fully saturated rings. The van der Waals surface area contributed by atoms with Crippen LogP contribution in [0.25, 0.3) is 10.8 Å². The zero-order chi connectivity index (χ0) is 18.7. The largest absolute Gasteiger partial charge is 0.483 e. The van der Waals surface area contributed by atoms with E-state index in [1.54, 1.807) is 18.2 Å². The molecule has 0 atom stereocenters. The van der Waals surface area contributed by atoms with Crippen molar-refractivity contribution in [3.8, 4) is 5.75 Å². The molecular weight excluding hydrogens is 377 g/mol. The van der Waals surface area contributed by atoms with Crippen molar-refractivity contribution < 1.29 is 19.4 Å². The lowest BCUT2D eigenvalue weighted by Gasteiger charge is -2.11. The Bertz CT molecular complexity index is 1000. The van der Waals surface area contributed by atoms with Crippen molar-refractivity contribution >= 4 is 51.5 Å². The molecule has 2 N–H and O–H groups in total. The fourth-order valence-corrected chi connectivity index (χ4v) is 2.72. The van der Waals surface area contributed by atoms with Crippen LogP contribution in [0.1, 0.15) is 10.4 Å². The van der Waals surface area contributed by atoms with E-state index >= 15 is 0 Å². The zero-order valence-corrected chi connectivity index (χ0v) is 14.8. The third-order valence-corrected chi connectivity index (χ3v) is 4.38. The Hall–Kier alpha value is -2.76. The van der Waals surface area contributed by atoms with Crippen molar-refractivity contribution in [2.75, 3.05) is 11.9 Å². The van der Waals surface area contributed by atoms with Gasteiger partial charge in [-0.2, -0.15) is 0 Å². The van der Waals surface area contributed by atoms with Crippen molar-refractivity contribution in [3.63, 3.8) is 0 Å². The number of aromatic carboxylic acids is 1. The summed E-state index contributed by atoms with van der Waals surface area (Å²) in [6.45, 7) is -0.348. The van der Waals surface area contributed by atoms with Crippen LogP contribution < -0.4 is 10.1 Å². The SMILES string of the molecule is O=C(COc1cc2ccccc2cc1C(=O)O)Nc1ccc(Cl)c(Cl)c1. The minimum Gasteiger partial charge on any atom is -0.483 e. The van der Waals surface area contributed by atoms with Crippen LogP contribution in [0.3, 0.4) is 0 Å². The maximum absolute atomic E-state index is 12.1. The first-order valence-electron chi connectivity index (χ1n) is 7.58. The number of ether oxygens (including phenoxy) is 1. The molecule has 1 amide bonds. The van der Waals surface area contributed by atoms with Crippen LogP contribution in [0.5, 0.6) is 5.75 Å². The van der Waals surface area contributed by atoms with Crippen LogP contribution in [0.4, 0.5) is 5.69 Å². The standard InChI is InChI=1S/C19H13Cl2NO4/c20-15-6-5-13(9-16(15)21)22-18(23)10-26-17-8-12-4-2-1-3-11(12)7-14(17)19(24)25/h1-9H,10H2,(H,22,23)(H,24,25). The number of halogens is 2. The van der Waals surface area contributed by atoms with E-state index in [0.717, 1.165) is 10.8 Å². The Morgan fingerprint density at radius 2 is 1.65 bits per heavy atom. The van der Waals surface area contributed by atoms with Crippen LogP contribution in [0, 0.1) is 0 Å². The summed E-state index contributed by atoms with van der Waals surface area (Å²) in [7, 11) is 0. The number of rotatable bonds is 5. The molecule has 3 rings (SSSR count). The van der Waals surface area contributed by atoms with Crippen LogP contribution in [-0.2, 0) is 4.79 Å². The Kier molecular flexibility index (Phi) is 5.30. The van der Waals surface area contributed by atoms with Crippen molar-refractivity contribution in [1.82, 2.24) is 0 Å². The lowest BCUT2D eigenvalue weighted by molar-refractivity contribution is -0.118. The predicted octanol–water partition coefficient (Wildman–Crippen LogP) is 4.86. The third-order valence-electron chi connectivity index (χ3n) is 3.64. The number of amides is 1. The monoisotopic (exact) mass is 389 g/mol. The Morgan fingerprint density at radius 1 is 0.962 bits per heavy atom. The molecule has 26 heavy (non-hydrogen) atoms. The lowest BCUT2D eigenvalue weighted by atomic mass is 10.1. The van der Waals surface area contributed by atoms with Gasteiger partial charge in [0.05, 0.1) is 10.0 Å². The van der Waals surface area contributed by atoms with Crippen LogP contribution in [-0.4, -0.2) is 23.6 Å². The molecule has 132 valence electrons. The van der Waals surface area contributed by atoms with Crippen molar-refractivity contribution in [1.29, 1.82) is 0 Å². The van der Waals surface area contributed by atoms with Crippen molar-refractivity contribution in [3.05, 3.63) is 70.2 Å². The van der Waals surface area contributed by atoms with Gasteiger partial charge in [0.2, 0.25) is 0 Å². The third kappa shape index (κ3) is 4.07. The lowest BCUT2D eigenvalue weighted by Crippen LogP contribution is -2.20. The molecule has 0 bridgehead atoms. The Labute approximate surface area is 159 Å².